The molecule has 298 valence electrons. The predicted molar refractivity (Wildman–Crippen MR) is 173 cm³/mol. The number of nitrogens with one attached hydrogen (secondary N) is 2. The molecule has 1 aliphatic heterocycles. The van der Waals surface area contributed by atoms with Crippen molar-refractivity contribution in [2.24, 2.45) is 5.41 Å². The van der Waals surface area contributed by atoms with Gasteiger partial charge in [0.25, 0.3) is 15.6 Å². The molecule has 1 aliphatic rings. The Morgan fingerprint density at radius 2 is 1.77 bits per heavy atom. The molecule has 0 saturated carbocycles. The quantitative estimate of drug-likeness (QED) is 0.0496. The summed E-state index contributed by atoms with van der Waals surface area (Å²) >= 11 is 0.967. The summed E-state index contributed by atoms with van der Waals surface area (Å²) in [6.45, 7) is 5.10. The number of thioether (sulfide) groups is 1. The Kier molecular flexibility index (Phi) is 15.4. The molecule has 7 atom stereocenters. The monoisotopic (exact) mass is 831 g/mol. The third-order valence-electron chi connectivity index (χ3n) is 7.06. The number of ether oxygens (including phenoxy) is 1. The maximum atomic E-state index is 12.5. The molecule has 1 fully saturated rings. The summed E-state index contributed by atoms with van der Waals surface area (Å²) in [5, 5.41) is 25.8. The molecule has 0 bridgehead atoms. The zero-order chi connectivity index (χ0) is 39.9. The van der Waals surface area contributed by atoms with Crippen LogP contribution in [0.25, 0.3) is 11.2 Å². The average molecular weight is 832 g/mol. The fourth-order valence-corrected chi connectivity index (χ4v) is 7.75. The number of hydrogen-bond donors (Lipinski definition) is 5. The van der Waals surface area contributed by atoms with E-state index in [-0.39, 0.29) is 41.6 Å². The van der Waals surface area contributed by atoms with E-state index < -0.39 is 84.6 Å². The molecule has 7 unspecified atom stereocenters. The summed E-state index contributed by atoms with van der Waals surface area (Å²) in [4.78, 5) is 95.2. The number of anilines is 1. The molecule has 0 aliphatic carbocycles. The van der Waals surface area contributed by atoms with Crippen LogP contribution >= 0.6 is 35.2 Å². The van der Waals surface area contributed by atoms with Crippen LogP contribution < -0.4 is 35.9 Å². The molecule has 3 rings (SSSR count). The molecule has 24 nitrogen and oxygen atoms in total. The van der Waals surface area contributed by atoms with Crippen LogP contribution in [0.5, 0.6) is 0 Å². The summed E-state index contributed by atoms with van der Waals surface area (Å²) in [5.74, 6) is -1.28. The van der Waals surface area contributed by atoms with E-state index in [4.69, 9.17) is 10.5 Å². The Bertz CT molecular complexity index is 1810. The first-order valence-electron chi connectivity index (χ1n) is 15.1. The highest BCUT2D eigenvalue weighted by Crippen LogP contribution is 2.56. The summed E-state index contributed by atoms with van der Waals surface area (Å²) in [6, 6.07) is 0. The molecule has 0 radical (unpaired) electrons. The second kappa shape index (κ2) is 18.3. The number of carbonyl (C=O) groups is 3. The SMILES string of the molecule is C=C(C)C(=O)SCCNC(=O)CCNC(=O)C(O)C(C)(C)COP(=O)([O-])OP(=O)([O-])OCC1OC(n2cnc3c(N)ncnc32)C(O)C1OP(=O)([O-])[O-]. The second-order valence-corrected chi connectivity index (χ2v) is 17.0. The molecule has 2 aromatic heterocycles. The van der Waals surface area contributed by atoms with E-state index in [1.54, 1.807) is 6.92 Å². The minimum atomic E-state index is -5.91. The number of phosphoric ester groups is 3. The Morgan fingerprint density at radius 3 is 2.42 bits per heavy atom. The average Bonchev–Trinajstić information content (AvgIpc) is 3.60. The zero-order valence-electron chi connectivity index (χ0n) is 28.1. The molecule has 0 aromatic carbocycles. The smallest absolute Gasteiger partial charge is 0.274 e. The van der Waals surface area contributed by atoms with Crippen molar-refractivity contribution < 1.29 is 80.5 Å². The number of carbonyl (C=O) groups excluding carboxylic acids is 3. The van der Waals surface area contributed by atoms with E-state index >= 15 is 0 Å². The largest absolute Gasteiger partial charge is 0.790 e. The molecule has 3 heterocycles. The molecular weight excluding hydrogens is 795 g/mol. The van der Waals surface area contributed by atoms with Gasteiger partial charge in [0.05, 0.1) is 27.4 Å². The molecule has 1 saturated heterocycles. The van der Waals surface area contributed by atoms with Crippen LogP contribution in [0.3, 0.4) is 0 Å². The summed E-state index contributed by atoms with van der Waals surface area (Å²) < 4.78 is 60.3. The maximum absolute atomic E-state index is 12.5. The van der Waals surface area contributed by atoms with Crippen LogP contribution in [-0.2, 0) is 50.7 Å². The van der Waals surface area contributed by atoms with E-state index in [2.05, 4.69) is 50.0 Å². The lowest BCUT2D eigenvalue weighted by Crippen LogP contribution is -2.46. The molecule has 53 heavy (non-hydrogen) atoms. The molecule has 2 aromatic rings. The highest BCUT2D eigenvalue weighted by atomic mass is 32.2. The summed E-state index contributed by atoms with van der Waals surface area (Å²) in [6.07, 6.45) is -7.60. The Morgan fingerprint density at radius 1 is 1.11 bits per heavy atom. The first kappa shape index (κ1) is 44.7. The van der Waals surface area contributed by atoms with E-state index in [1.165, 1.54) is 13.8 Å². The van der Waals surface area contributed by atoms with Crippen molar-refractivity contribution in [3.63, 3.8) is 0 Å². The Hall–Kier alpha value is -2.70. The van der Waals surface area contributed by atoms with Gasteiger partial charge in [0, 0.05) is 30.7 Å². The number of rotatable bonds is 20. The molecular formula is C25H36N7O17P3S-4. The van der Waals surface area contributed by atoms with Gasteiger partial charge in [-0.2, -0.15) is 0 Å². The van der Waals surface area contributed by atoms with E-state index in [1.807, 2.05) is 0 Å². The molecule has 0 spiro atoms. The van der Waals surface area contributed by atoms with Crippen molar-refractivity contribution in [2.45, 2.75) is 57.8 Å². The van der Waals surface area contributed by atoms with E-state index in [9.17, 15) is 57.9 Å². The second-order valence-electron chi connectivity index (χ2n) is 11.9. The van der Waals surface area contributed by atoms with Crippen molar-refractivity contribution in [3.05, 3.63) is 24.8 Å². The van der Waals surface area contributed by atoms with Crippen LogP contribution in [0.1, 0.15) is 33.4 Å². The number of imidazole rings is 1. The van der Waals surface area contributed by atoms with Crippen LogP contribution in [0.4, 0.5) is 5.82 Å². The number of aliphatic hydroxyl groups excluding tert-OH is 2. The Balaban J connectivity index is 1.53. The number of aromatic nitrogens is 4. The van der Waals surface area contributed by atoms with Gasteiger partial charge in [-0.05, 0) is 12.5 Å². The van der Waals surface area contributed by atoms with Crippen LogP contribution in [0.15, 0.2) is 24.8 Å². The summed E-state index contributed by atoms with van der Waals surface area (Å²) in [7, 11) is -17.6. The number of hydrogen-bond acceptors (Lipinski definition) is 22. The van der Waals surface area contributed by atoms with Crippen LogP contribution in [0, 0.1) is 5.41 Å². The van der Waals surface area contributed by atoms with Gasteiger partial charge in [-0.15, -0.1) is 0 Å². The summed E-state index contributed by atoms with van der Waals surface area (Å²) in [5.41, 5.74) is 4.42. The Labute approximate surface area is 305 Å². The number of phosphoric acid groups is 3. The van der Waals surface area contributed by atoms with Gasteiger partial charge >= 0.3 is 0 Å². The molecule has 2 amide bonds. The first-order valence-corrected chi connectivity index (χ1v) is 20.4. The van der Waals surface area contributed by atoms with Crippen molar-refractivity contribution >= 4 is 69.1 Å². The number of amides is 2. The first-order chi connectivity index (χ1) is 24.4. The number of nitrogens with two attached hydrogens (primary N) is 1. The van der Waals surface area contributed by atoms with Crippen molar-refractivity contribution in [3.8, 4) is 0 Å². The van der Waals surface area contributed by atoms with E-state index in [0.717, 1.165) is 29.0 Å². The standard InChI is InChI=1S/C25H40N7O17P3S/c1-13(2)24(37)53-8-7-27-15(33)5-6-28-22(36)19(35)25(3,4)10-46-52(43,44)49-51(41,42)45-9-14-18(48-50(38,39)40)17(34)23(47-14)32-12-31-16-20(26)29-11-30-21(16)32/h11-12,14,17-19,23,34-35H,1,5-10H2,2-4H3,(H,27,33)(H,28,36)(H,41,42)(H,43,44)(H2,26,29,30)(H2,38,39,40)/p-4. The molecule has 28 heteroatoms. The van der Waals surface area contributed by atoms with Gasteiger partial charge in [0.2, 0.25) is 16.9 Å². The van der Waals surface area contributed by atoms with Crippen molar-refractivity contribution in [1.29, 1.82) is 0 Å². The lowest BCUT2D eigenvalue weighted by molar-refractivity contribution is -0.347. The number of nitrogens with zero attached hydrogens (tertiary/aromatic N) is 4. The highest BCUT2D eigenvalue weighted by Gasteiger charge is 2.47. The highest BCUT2D eigenvalue weighted by molar-refractivity contribution is 8.14. The zero-order valence-corrected chi connectivity index (χ0v) is 31.6. The minimum absolute atomic E-state index is 0.0228. The third kappa shape index (κ3) is 13.2. The molecule has 6 N–H and O–H groups in total. The van der Waals surface area contributed by atoms with Gasteiger partial charge < -0.3 is 69.0 Å². The van der Waals surface area contributed by atoms with Gasteiger partial charge in [-0.25, -0.2) is 19.3 Å². The van der Waals surface area contributed by atoms with Gasteiger partial charge in [0.15, 0.2) is 17.7 Å². The lowest BCUT2D eigenvalue weighted by Gasteiger charge is -2.36. The topological polar surface area (TPSA) is 375 Å². The minimum Gasteiger partial charge on any atom is -0.790 e. The normalized spacial score (nSPS) is 22.1. The fourth-order valence-electron chi connectivity index (χ4n) is 4.37. The van der Waals surface area contributed by atoms with Crippen LogP contribution in [0.2, 0.25) is 0 Å². The number of nitrogen functional groups attached to an aromatic ring is 1. The van der Waals surface area contributed by atoms with Gasteiger partial charge in [-0.1, -0.05) is 32.2 Å². The van der Waals surface area contributed by atoms with Crippen LogP contribution in [-0.4, -0.2) is 103 Å². The van der Waals surface area contributed by atoms with Gasteiger partial charge in [0.1, 0.15) is 36.3 Å². The van der Waals surface area contributed by atoms with Gasteiger partial charge in [-0.3, -0.25) is 28.1 Å². The van der Waals surface area contributed by atoms with Crippen molar-refractivity contribution in [1.82, 2.24) is 30.2 Å². The maximum Gasteiger partial charge on any atom is 0.274 e. The number of fused-ring (bicyclic) bond motifs is 1. The van der Waals surface area contributed by atoms with Crippen molar-refractivity contribution in [2.75, 3.05) is 37.8 Å². The predicted octanol–water partition coefficient (Wildman–Crippen LogP) is -3.29. The van der Waals surface area contributed by atoms with E-state index in [0.29, 0.717) is 11.3 Å². The fraction of sp³-hybridized carbons (Fsp3) is 0.600. The lowest BCUT2D eigenvalue weighted by atomic mass is 9.87. The number of aliphatic hydroxyl groups is 2. The third-order valence-corrected chi connectivity index (χ3v) is 11.1.